The van der Waals surface area contributed by atoms with Gasteiger partial charge in [0.15, 0.2) is 0 Å². The quantitative estimate of drug-likeness (QED) is 0.770. The number of benzene rings is 1. The predicted molar refractivity (Wildman–Crippen MR) is 98.8 cm³/mol. The van der Waals surface area contributed by atoms with Crippen molar-refractivity contribution in [3.63, 3.8) is 0 Å². The molecule has 134 valence electrons. The molecule has 6 nitrogen and oxygen atoms in total. The summed E-state index contributed by atoms with van der Waals surface area (Å²) in [5.74, 6) is 0.448. The van der Waals surface area contributed by atoms with Crippen LogP contribution >= 0.6 is 0 Å². The van der Waals surface area contributed by atoms with Gasteiger partial charge in [0.2, 0.25) is 0 Å². The molecule has 0 radical (unpaired) electrons. The summed E-state index contributed by atoms with van der Waals surface area (Å²) in [7, 11) is 3.76. The van der Waals surface area contributed by atoms with E-state index in [0.717, 1.165) is 35.4 Å². The van der Waals surface area contributed by atoms with Gasteiger partial charge in [0.05, 0.1) is 11.4 Å². The highest BCUT2D eigenvalue weighted by molar-refractivity contribution is 5.96. The van der Waals surface area contributed by atoms with Crippen LogP contribution in [0.4, 0.5) is 0 Å². The second kappa shape index (κ2) is 6.78. The SMILES string of the molecule is Cn1nccc1C(NC(=O)c1ccccc1C1CCC1)c1ccnn1C. The van der Waals surface area contributed by atoms with Crippen molar-refractivity contribution in [3.8, 4) is 0 Å². The summed E-state index contributed by atoms with van der Waals surface area (Å²) in [4.78, 5) is 13.2. The highest BCUT2D eigenvalue weighted by Gasteiger charge is 2.27. The summed E-state index contributed by atoms with van der Waals surface area (Å²) in [6, 6.07) is 11.5. The molecule has 4 rings (SSSR count). The molecule has 6 heteroatoms. The highest BCUT2D eigenvalue weighted by atomic mass is 16.1. The molecule has 0 spiro atoms. The Bertz CT molecular complexity index is 881. The van der Waals surface area contributed by atoms with E-state index in [1.54, 1.807) is 21.8 Å². The van der Waals surface area contributed by atoms with Gasteiger partial charge in [-0.1, -0.05) is 24.6 Å². The summed E-state index contributed by atoms with van der Waals surface area (Å²) >= 11 is 0. The molecule has 1 aliphatic rings. The first-order valence-corrected chi connectivity index (χ1v) is 9.00. The zero-order valence-corrected chi connectivity index (χ0v) is 15.1. The number of rotatable bonds is 5. The molecule has 1 aromatic carbocycles. The molecular weight excluding hydrogens is 326 g/mol. The van der Waals surface area contributed by atoms with Crippen LogP contribution in [0.15, 0.2) is 48.8 Å². The van der Waals surface area contributed by atoms with E-state index >= 15 is 0 Å². The summed E-state index contributed by atoms with van der Waals surface area (Å²) in [6.07, 6.45) is 7.06. The Morgan fingerprint density at radius 3 is 2.15 bits per heavy atom. The van der Waals surface area contributed by atoms with Crippen LogP contribution < -0.4 is 5.32 Å². The van der Waals surface area contributed by atoms with Crippen LogP contribution in [0.1, 0.15) is 58.5 Å². The molecule has 3 aromatic rings. The first-order chi connectivity index (χ1) is 12.6. The minimum absolute atomic E-state index is 0.0556. The standard InChI is InChI=1S/C20H23N5O/c1-24-17(10-12-21-24)19(18-11-13-22-25(18)2)23-20(26)16-9-4-3-8-15(16)14-6-5-7-14/h3-4,8-14,19H,5-7H2,1-2H3,(H,23,26). The number of aryl methyl sites for hydroxylation is 2. The number of aromatic nitrogens is 4. The van der Waals surface area contributed by atoms with Crippen molar-refractivity contribution in [2.75, 3.05) is 0 Å². The number of nitrogens with one attached hydrogen (secondary N) is 1. The Labute approximate surface area is 152 Å². The smallest absolute Gasteiger partial charge is 0.252 e. The van der Waals surface area contributed by atoms with Crippen molar-refractivity contribution in [1.29, 1.82) is 0 Å². The lowest BCUT2D eigenvalue weighted by Gasteiger charge is -2.28. The van der Waals surface area contributed by atoms with Gasteiger partial charge in [0, 0.05) is 32.1 Å². The number of amides is 1. The number of carbonyl (C=O) groups is 1. The Morgan fingerprint density at radius 1 is 1.04 bits per heavy atom. The van der Waals surface area contributed by atoms with E-state index in [1.807, 2.05) is 44.4 Å². The molecule has 2 aromatic heterocycles. The minimum atomic E-state index is -0.308. The van der Waals surface area contributed by atoms with E-state index in [1.165, 1.54) is 6.42 Å². The van der Waals surface area contributed by atoms with Gasteiger partial charge in [-0.3, -0.25) is 14.2 Å². The van der Waals surface area contributed by atoms with E-state index in [2.05, 4.69) is 21.6 Å². The molecule has 26 heavy (non-hydrogen) atoms. The Balaban J connectivity index is 1.68. The molecule has 0 saturated heterocycles. The zero-order chi connectivity index (χ0) is 18.1. The molecule has 1 saturated carbocycles. The van der Waals surface area contributed by atoms with Crippen LogP contribution in [0, 0.1) is 0 Å². The van der Waals surface area contributed by atoms with Gasteiger partial charge in [0.25, 0.3) is 5.91 Å². The van der Waals surface area contributed by atoms with Gasteiger partial charge in [-0.15, -0.1) is 0 Å². The molecule has 0 atom stereocenters. The third kappa shape index (κ3) is 2.92. The molecular formula is C20H23N5O. The monoisotopic (exact) mass is 349 g/mol. The maximum Gasteiger partial charge on any atom is 0.252 e. The summed E-state index contributed by atoms with van der Waals surface area (Å²) in [5, 5.41) is 11.7. The molecule has 1 amide bonds. The molecule has 1 fully saturated rings. The van der Waals surface area contributed by atoms with Gasteiger partial charge < -0.3 is 5.32 Å². The number of carbonyl (C=O) groups excluding carboxylic acids is 1. The van der Waals surface area contributed by atoms with E-state index in [9.17, 15) is 4.79 Å². The largest absolute Gasteiger partial charge is 0.338 e. The Hall–Kier alpha value is -2.89. The van der Waals surface area contributed by atoms with Crippen molar-refractivity contribution in [2.24, 2.45) is 14.1 Å². The second-order valence-electron chi connectivity index (χ2n) is 6.88. The Morgan fingerprint density at radius 2 is 1.65 bits per heavy atom. The summed E-state index contributed by atoms with van der Waals surface area (Å²) in [6.45, 7) is 0. The fourth-order valence-electron chi connectivity index (χ4n) is 3.62. The van der Waals surface area contributed by atoms with E-state index in [4.69, 9.17) is 0 Å². The van der Waals surface area contributed by atoms with E-state index in [-0.39, 0.29) is 11.9 Å². The summed E-state index contributed by atoms with van der Waals surface area (Å²) < 4.78 is 3.57. The fraction of sp³-hybridized carbons (Fsp3) is 0.350. The van der Waals surface area contributed by atoms with Crippen LogP contribution in [0.25, 0.3) is 0 Å². The normalized spacial score (nSPS) is 14.4. The summed E-state index contributed by atoms with van der Waals surface area (Å²) in [5.41, 5.74) is 3.77. The van der Waals surface area contributed by atoms with Crippen LogP contribution in [-0.4, -0.2) is 25.5 Å². The second-order valence-corrected chi connectivity index (χ2v) is 6.88. The lowest BCUT2D eigenvalue weighted by atomic mass is 9.78. The average molecular weight is 349 g/mol. The maximum atomic E-state index is 13.2. The van der Waals surface area contributed by atoms with E-state index in [0.29, 0.717) is 5.92 Å². The topological polar surface area (TPSA) is 64.7 Å². The lowest BCUT2D eigenvalue weighted by Crippen LogP contribution is -2.33. The van der Waals surface area contributed by atoms with Gasteiger partial charge in [-0.25, -0.2) is 0 Å². The minimum Gasteiger partial charge on any atom is -0.338 e. The van der Waals surface area contributed by atoms with Crippen LogP contribution in [-0.2, 0) is 14.1 Å². The highest BCUT2D eigenvalue weighted by Crippen LogP contribution is 2.38. The van der Waals surface area contributed by atoms with Crippen LogP contribution in [0.3, 0.4) is 0 Å². The maximum absolute atomic E-state index is 13.2. The molecule has 0 bridgehead atoms. The lowest BCUT2D eigenvalue weighted by molar-refractivity contribution is 0.0938. The van der Waals surface area contributed by atoms with Crippen molar-refractivity contribution in [3.05, 3.63) is 71.3 Å². The van der Waals surface area contributed by atoms with Gasteiger partial charge in [-0.2, -0.15) is 10.2 Å². The average Bonchev–Trinajstić information content (AvgIpc) is 3.20. The van der Waals surface area contributed by atoms with Crippen molar-refractivity contribution < 1.29 is 4.79 Å². The molecule has 1 N–H and O–H groups in total. The number of hydrogen-bond donors (Lipinski definition) is 1. The third-order valence-electron chi connectivity index (χ3n) is 5.34. The third-order valence-corrected chi connectivity index (χ3v) is 5.34. The zero-order valence-electron chi connectivity index (χ0n) is 15.1. The van der Waals surface area contributed by atoms with Gasteiger partial charge in [0.1, 0.15) is 6.04 Å². The number of hydrogen-bond acceptors (Lipinski definition) is 3. The van der Waals surface area contributed by atoms with Gasteiger partial charge in [-0.05, 0) is 42.5 Å². The van der Waals surface area contributed by atoms with Crippen molar-refractivity contribution >= 4 is 5.91 Å². The first kappa shape index (κ1) is 16.6. The Kier molecular flexibility index (Phi) is 4.32. The first-order valence-electron chi connectivity index (χ1n) is 9.00. The molecule has 1 aliphatic carbocycles. The van der Waals surface area contributed by atoms with Crippen molar-refractivity contribution in [2.45, 2.75) is 31.2 Å². The van der Waals surface area contributed by atoms with Crippen molar-refractivity contribution in [1.82, 2.24) is 24.9 Å². The molecule has 0 unspecified atom stereocenters. The van der Waals surface area contributed by atoms with Gasteiger partial charge >= 0.3 is 0 Å². The van der Waals surface area contributed by atoms with Crippen LogP contribution in [0.5, 0.6) is 0 Å². The van der Waals surface area contributed by atoms with E-state index < -0.39 is 0 Å². The fourth-order valence-corrected chi connectivity index (χ4v) is 3.62. The predicted octanol–water partition coefficient (Wildman–Crippen LogP) is 2.94. The molecule has 2 heterocycles. The van der Waals surface area contributed by atoms with Crippen LogP contribution in [0.2, 0.25) is 0 Å². The molecule has 0 aliphatic heterocycles. The number of nitrogens with zero attached hydrogens (tertiary/aromatic N) is 4.